The SMILES string of the molecule is CN(Cc1ccccc1)c1ccccc1C(N)c1ccccc1. The summed E-state index contributed by atoms with van der Waals surface area (Å²) in [6, 6.07) is 29.0. The highest BCUT2D eigenvalue weighted by Crippen LogP contribution is 2.29. The minimum absolute atomic E-state index is 0.120. The fourth-order valence-corrected chi connectivity index (χ4v) is 2.88. The van der Waals surface area contributed by atoms with Gasteiger partial charge in [-0.3, -0.25) is 0 Å². The van der Waals surface area contributed by atoms with Crippen molar-refractivity contribution in [2.24, 2.45) is 5.73 Å². The van der Waals surface area contributed by atoms with E-state index in [1.165, 1.54) is 11.3 Å². The molecule has 0 saturated carbocycles. The van der Waals surface area contributed by atoms with Crippen molar-refractivity contribution in [1.82, 2.24) is 0 Å². The van der Waals surface area contributed by atoms with Gasteiger partial charge in [-0.15, -0.1) is 0 Å². The third-order valence-corrected chi connectivity index (χ3v) is 4.10. The Morgan fingerprint density at radius 2 is 1.35 bits per heavy atom. The van der Waals surface area contributed by atoms with Crippen LogP contribution in [0.3, 0.4) is 0 Å². The third-order valence-electron chi connectivity index (χ3n) is 4.10. The molecular weight excluding hydrogens is 280 g/mol. The summed E-state index contributed by atoms with van der Waals surface area (Å²) in [4.78, 5) is 2.26. The number of hydrogen-bond donors (Lipinski definition) is 1. The second-order valence-electron chi connectivity index (χ2n) is 5.79. The maximum atomic E-state index is 6.52. The number of hydrogen-bond acceptors (Lipinski definition) is 2. The van der Waals surface area contributed by atoms with Gasteiger partial charge >= 0.3 is 0 Å². The lowest BCUT2D eigenvalue weighted by Crippen LogP contribution is -2.21. The quantitative estimate of drug-likeness (QED) is 0.758. The van der Waals surface area contributed by atoms with E-state index in [0.29, 0.717) is 0 Å². The molecule has 3 aromatic rings. The molecule has 0 aromatic heterocycles. The Balaban J connectivity index is 1.88. The average molecular weight is 302 g/mol. The third kappa shape index (κ3) is 3.61. The van der Waals surface area contributed by atoms with E-state index in [1.807, 2.05) is 24.3 Å². The van der Waals surface area contributed by atoms with Crippen LogP contribution in [0.15, 0.2) is 84.9 Å². The first-order valence-electron chi connectivity index (χ1n) is 7.90. The van der Waals surface area contributed by atoms with Crippen molar-refractivity contribution in [1.29, 1.82) is 0 Å². The van der Waals surface area contributed by atoms with Crippen molar-refractivity contribution < 1.29 is 0 Å². The van der Waals surface area contributed by atoms with Gasteiger partial charge in [-0.25, -0.2) is 0 Å². The van der Waals surface area contributed by atoms with Crippen LogP contribution in [0.25, 0.3) is 0 Å². The normalized spacial score (nSPS) is 11.9. The van der Waals surface area contributed by atoms with Crippen molar-refractivity contribution in [3.05, 3.63) is 102 Å². The van der Waals surface area contributed by atoms with Gasteiger partial charge in [0.2, 0.25) is 0 Å². The Hall–Kier alpha value is -2.58. The van der Waals surface area contributed by atoms with Gasteiger partial charge in [0.05, 0.1) is 6.04 Å². The molecule has 116 valence electrons. The van der Waals surface area contributed by atoms with Gasteiger partial charge in [0.15, 0.2) is 0 Å². The number of anilines is 1. The molecule has 23 heavy (non-hydrogen) atoms. The number of benzene rings is 3. The molecule has 0 saturated heterocycles. The van der Waals surface area contributed by atoms with Crippen molar-refractivity contribution in [3.63, 3.8) is 0 Å². The van der Waals surface area contributed by atoms with E-state index in [2.05, 4.69) is 72.6 Å². The van der Waals surface area contributed by atoms with Gasteiger partial charge in [-0.2, -0.15) is 0 Å². The maximum absolute atomic E-state index is 6.52. The first kappa shape index (κ1) is 15.3. The zero-order valence-corrected chi connectivity index (χ0v) is 13.4. The summed E-state index contributed by atoms with van der Waals surface area (Å²) in [5.41, 5.74) is 11.3. The Bertz CT molecular complexity index is 738. The van der Waals surface area contributed by atoms with Crippen molar-refractivity contribution in [3.8, 4) is 0 Å². The van der Waals surface area contributed by atoms with E-state index in [-0.39, 0.29) is 6.04 Å². The largest absolute Gasteiger partial charge is 0.370 e. The zero-order chi connectivity index (χ0) is 16.1. The van der Waals surface area contributed by atoms with E-state index in [9.17, 15) is 0 Å². The highest BCUT2D eigenvalue weighted by molar-refractivity contribution is 5.56. The Morgan fingerprint density at radius 3 is 2.04 bits per heavy atom. The number of para-hydroxylation sites is 1. The molecule has 0 heterocycles. The summed E-state index contributed by atoms with van der Waals surface area (Å²) in [7, 11) is 2.11. The van der Waals surface area contributed by atoms with Gasteiger partial charge in [0.25, 0.3) is 0 Å². The maximum Gasteiger partial charge on any atom is 0.0572 e. The van der Waals surface area contributed by atoms with Gasteiger partial charge in [-0.05, 0) is 22.8 Å². The van der Waals surface area contributed by atoms with Gasteiger partial charge in [-0.1, -0.05) is 78.9 Å². The van der Waals surface area contributed by atoms with Crippen LogP contribution in [-0.4, -0.2) is 7.05 Å². The van der Waals surface area contributed by atoms with Gasteiger partial charge in [0.1, 0.15) is 0 Å². The first-order valence-corrected chi connectivity index (χ1v) is 7.90. The van der Waals surface area contributed by atoms with E-state index in [0.717, 1.165) is 17.7 Å². The standard InChI is InChI=1S/C21H22N2/c1-23(16-17-10-4-2-5-11-17)20-15-9-8-14-19(20)21(22)18-12-6-3-7-13-18/h2-15,21H,16,22H2,1H3. The lowest BCUT2D eigenvalue weighted by Gasteiger charge is -2.25. The van der Waals surface area contributed by atoms with Crippen LogP contribution in [0, 0.1) is 0 Å². The van der Waals surface area contributed by atoms with Crippen molar-refractivity contribution >= 4 is 5.69 Å². The Morgan fingerprint density at radius 1 is 0.783 bits per heavy atom. The molecule has 2 nitrogen and oxygen atoms in total. The molecule has 3 rings (SSSR count). The predicted octanol–water partition coefficient (Wildman–Crippen LogP) is 4.37. The zero-order valence-electron chi connectivity index (χ0n) is 13.4. The minimum Gasteiger partial charge on any atom is -0.370 e. The van der Waals surface area contributed by atoms with Crippen molar-refractivity contribution in [2.45, 2.75) is 12.6 Å². The Labute approximate surface area is 138 Å². The molecule has 0 spiro atoms. The molecule has 1 unspecified atom stereocenters. The summed E-state index contributed by atoms with van der Waals surface area (Å²) in [6.45, 7) is 0.860. The van der Waals surface area contributed by atoms with Crippen LogP contribution in [-0.2, 0) is 6.54 Å². The lowest BCUT2D eigenvalue weighted by molar-refractivity contribution is 0.841. The van der Waals surface area contributed by atoms with Gasteiger partial charge in [0, 0.05) is 19.3 Å². The fourth-order valence-electron chi connectivity index (χ4n) is 2.88. The molecule has 0 aliphatic carbocycles. The Kier molecular flexibility index (Phi) is 4.74. The molecule has 2 heteroatoms. The summed E-state index contributed by atoms with van der Waals surface area (Å²) >= 11 is 0. The second kappa shape index (κ2) is 7.12. The molecule has 3 aromatic carbocycles. The molecule has 1 atom stereocenters. The molecule has 2 N–H and O–H groups in total. The van der Waals surface area contributed by atoms with Crippen LogP contribution >= 0.6 is 0 Å². The van der Waals surface area contributed by atoms with E-state index in [1.54, 1.807) is 0 Å². The highest BCUT2D eigenvalue weighted by Gasteiger charge is 2.15. The summed E-state index contributed by atoms with van der Waals surface area (Å²) in [6.07, 6.45) is 0. The van der Waals surface area contributed by atoms with Crippen LogP contribution in [0.1, 0.15) is 22.7 Å². The average Bonchev–Trinajstić information content (AvgIpc) is 2.62. The molecule has 0 aliphatic rings. The van der Waals surface area contributed by atoms with Gasteiger partial charge < -0.3 is 10.6 Å². The summed E-state index contributed by atoms with van der Waals surface area (Å²) < 4.78 is 0. The lowest BCUT2D eigenvalue weighted by atomic mass is 9.97. The van der Waals surface area contributed by atoms with Crippen LogP contribution in [0.5, 0.6) is 0 Å². The topological polar surface area (TPSA) is 29.3 Å². The smallest absolute Gasteiger partial charge is 0.0572 e. The monoisotopic (exact) mass is 302 g/mol. The molecule has 0 aliphatic heterocycles. The van der Waals surface area contributed by atoms with Crippen LogP contribution < -0.4 is 10.6 Å². The second-order valence-corrected chi connectivity index (χ2v) is 5.79. The van der Waals surface area contributed by atoms with E-state index < -0.39 is 0 Å². The molecule has 0 amide bonds. The minimum atomic E-state index is -0.120. The van der Waals surface area contributed by atoms with Crippen molar-refractivity contribution in [2.75, 3.05) is 11.9 Å². The molecule has 0 radical (unpaired) electrons. The number of nitrogens with two attached hydrogens (primary N) is 1. The van der Waals surface area contributed by atoms with Crippen LogP contribution in [0.4, 0.5) is 5.69 Å². The predicted molar refractivity (Wildman–Crippen MR) is 97.5 cm³/mol. The van der Waals surface area contributed by atoms with E-state index in [4.69, 9.17) is 5.73 Å². The molecule has 0 fully saturated rings. The van der Waals surface area contributed by atoms with Crippen LogP contribution in [0.2, 0.25) is 0 Å². The molecule has 0 bridgehead atoms. The summed E-state index contributed by atoms with van der Waals surface area (Å²) in [5.74, 6) is 0. The number of rotatable bonds is 5. The molecular formula is C21H22N2. The highest BCUT2D eigenvalue weighted by atomic mass is 15.1. The number of nitrogens with zero attached hydrogens (tertiary/aromatic N) is 1. The fraction of sp³-hybridized carbons (Fsp3) is 0.143. The first-order chi connectivity index (χ1) is 11.3. The van der Waals surface area contributed by atoms with E-state index >= 15 is 0 Å². The summed E-state index contributed by atoms with van der Waals surface area (Å²) in [5, 5.41) is 0.